The van der Waals surface area contributed by atoms with Gasteiger partial charge in [0.15, 0.2) is 5.82 Å². The van der Waals surface area contributed by atoms with Crippen LogP contribution in [0.2, 0.25) is 0 Å². The van der Waals surface area contributed by atoms with Crippen LogP contribution in [0.3, 0.4) is 0 Å². The second-order valence-corrected chi connectivity index (χ2v) is 16.4. The summed E-state index contributed by atoms with van der Waals surface area (Å²) in [4.78, 5) is 19.4. The third kappa shape index (κ3) is 6.32. The fourth-order valence-electron chi connectivity index (χ4n) is 8.90. The molecule has 6 heterocycles. The van der Waals surface area contributed by atoms with E-state index in [1.165, 1.54) is 6.07 Å². The topological polar surface area (TPSA) is 92.7 Å². The van der Waals surface area contributed by atoms with Crippen LogP contribution >= 0.6 is 10.7 Å². The zero-order chi connectivity index (χ0) is 36.3. The van der Waals surface area contributed by atoms with Crippen LogP contribution in [-0.4, -0.2) is 80.6 Å². The average molecular weight is 755 g/mol. The number of hydrogen-bond donors (Lipinski definition) is 1. The molecule has 5 aromatic rings. The number of piperazine rings is 1. The molecular formula is C40H37ClF2N6O3S. The van der Waals surface area contributed by atoms with E-state index in [9.17, 15) is 8.60 Å². The van der Waals surface area contributed by atoms with Gasteiger partial charge in [0.1, 0.15) is 39.5 Å². The molecule has 272 valence electrons. The summed E-state index contributed by atoms with van der Waals surface area (Å²) in [7, 11) is 4.22. The van der Waals surface area contributed by atoms with E-state index >= 15 is 4.39 Å². The number of benzene rings is 3. The van der Waals surface area contributed by atoms with Crippen LogP contribution in [-0.2, 0) is 21.4 Å². The molecule has 1 N–H and O–H groups in total. The molecule has 0 radical (unpaired) electrons. The summed E-state index contributed by atoms with van der Waals surface area (Å²) in [6.45, 7) is 3.82. The van der Waals surface area contributed by atoms with Crippen LogP contribution in [0.15, 0.2) is 65.7 Å². The molecule has 0 amide bonds. The minimum absolute atomic E-state index is 0.0281. The van der Waals surface area contributed by atoms with Crippen molar-refractivity contribution in [1.82, 2.24) is 25.2 Å². The summed E-state index contributed by atoms with van der Waals surface area (Å²) in [5.74, 6) is 1.84. The van der Waals surface area contributed by atoms with Gasteiger partial charge in [-0.15, -0.1) is 6.42 Å². The van der Waals surface area contributed by atoms with E-state index in [-0.39, 0.29) is 34.4 Å². The highest BCUT2D eigenvalue weighted by atomic mass is 35.7. The number of fused-ring (bicyclic) bond motifs is 5. The Hall–Kier alpha value is -4.25. The summed E-state index contributed by atoms with van der Waals surface area (Å²) in [6, 6.07) is 16.3. The van der Waals surface area contributed by atoms with Gasteiger partial charge in [-0.1, -0.05) is 42.3 Å². The Kier molecular flexibility index (Phi) is 9.03. The maximum Gasteiger partial charge on any atom is 0.319 e. The van der Waals surface area contributed by atoms with E-state index in [0.717, 1.165) is 63.8 Å². The third-order valence-electron chi connectivity index (χ3n) is 11.4. The molecule has 13 heteroatoms. The van der Waals surface area contributed by atoms with Gasteiger partial charge in [-0.3, -0.25) is 9.88 Å². The highest BCUT2D eigenvalue weighted by Gasteiger charge is 2.49. The van der Waals surface area contributed by atoms with Crippen molar-refractivity contribution in [1.29, 1.82) is 0 Å². The monoisotopic (exact) mass is 754 g/mol. The van der Waals surface area contributed by atoms with Crippen molar-refractivity contribution in [3.63, 3.8) is 0 Å². The number of rotatable bonds is 9. The number of halogens is 3. The number of anilines is 1. The smallest absolute Gasteiger partial charge is 0.319 e. The van der Waals surface area contributed by atoms with Crippen LogP contribution in [0.1, 0.15) is 43.2 Å². The summed E-state index contributed by atoms with van der Waals surface area (Å²) < 4.78 is 56.5. The van der Waals surface area contributed by atoms with E-state index in [1.54, 1.807) is 30.5 Å². The maximum atomic E-state index is 17.0. The van der Waals surface area contributed by atoms with Crippen molar-refractivity contribution in [2.24, 2.45) is 0 Å². The van der Waals surface area contributed by atoms with Gasteiger partial charge in [0.2, 0.25) is 0 Å². The first-order chi connectivity index (χ1) is 25.8. The molecule has 53 heavy (non-hydrogen) atoms. The molecule has 4 aliphatic rings. The second kappa shape index (κ2) is 13.9. The second-order valence-electron chi connectivity index (χ2n) is 14.6. The largest absolute Gasteiger partial charge is 0.461 e. The van der Waals surface area contributed by atoms with Gasteiger partial charge in [-0.05, 0) is 78.5 Å². The molecule has 9 nitrogen and oxygen atoms in total. The van der Waals surface area contributed by atoms with Crippen LogP contribution < -0.4 is 15.0 Å². The maximum absolute atomic E-state index is 17.0. The highest BCUT2D eigenvalue weighted by Crippen LogP contribution is 2.42. The number of nitrogens with one attached hydrogen (secondary N) is 1. The number of nitrogens with zero attached hydrogens (tertiary/aromatic N) is 5. The normalized spacial score (nSPS) is 24.5. The van der Waals surface area contributed by atoms with Crippen LogP contribution in [0.4, 0.5) is 14.6 Å². The van der Waals surface area contributed by atoms with Gasteiger partial charge < -0.3 is 19.7 Å². The Morgan fingerprint density at radius 1 is 1.08 bits per heavy atom. The van der Waals surface area contributed by atoms with Crippen molar-refractivity contribution >= 4 is 48.2 Å². The lowest BCUT2D eigenvalue weighted by atomic mass is 9.94. The molecular weight excluding hydrogens is 718 g/mol. The van der Waals surface area contributed by atoms with E-state index in [1.807, 2.05) is 24.3 Å². The van der Waals surface area contributed by atoms with Gasteiger partial charge in [0.25, 0.3) is 0 Å². The standard InChI is InChI=1S/C40H37ClF2N6O3S/c1-2-30-33(42)13-10-25-7-4-9-31(34(25)30)36-35(43)37-32(18-44-36)38(48-19-26-11-12-27(20-48)45-26)47-39(46-37)52-23-40-14-5-15-49(40)21-28(17-40)51-22-24-6-3-8-29(16-24)53(41)50/h1,3-4,6-10,13,16,18,26-28,45H,5,11-12,14-15,17,19-23H2. The summed E-state index contributed by atoms with van der Waals surface area (Å²) in [6.07, 6.45) is 12.2. The fraction of sp³-hybridized carbons (Fsp3) is 0.375. The Balaban J connectivity index is 1.05. The summed E-state index contributed by atoms with van der Waals surface area (Å²) >= 11 is 0. The molecule has 5 atom stereocenters. The first-order valence-electron chi connectivity index (χ1n) is 18.0. The lowest BCUT2D eigenvalue weighted by molar-refractivity contribution is 0.0440. The molecule has 2 aromatic heterocycles. The first-order valence-corrected chi connectivity index (χ1v) is 20.0. The summed E-state index contributed by atoms with van der Waals surface area (Å²) in [5.41, 5.74) is 1.19. The predicted octanol–water partition coefficient (Wildman–Crippen LogP) is 6.51. The van der Waals surface area contributed by atoms with Gasteiger partial charge in [-0.2, -0.15) is 9.97 Å². The zero-order valence-electron chi connectivity index (χ0n) is 28.9. The van der Waals surface area contributed by atoms with E-state index in [2.05, 4.69) is 26.0 Å². The van der Waals surface area contributed by atoms with E-state index in [4.69, 9.17) is 36.5 Å². The molecule has 3 aromatic carbocycles. The Bertz CT molecular complexity index is 2310. The SMILES string of the molecule is C#Cc1c(F)ccc2cccc(-c3ncc4c(N5CC6CCC(C5)N6)nc(OCC56CCCN5CC(OCc5cccc(S(=O)Cl)c5)C6)nc4c3F)c12. The fourth-order valence-corrected chi connectivity index (χ4v) is 9.62. The minimum Gasteiger partial charge on any atom is -0.461 e. The van der Waals surface area contributed by atoms with Crippen LogP contribution in [0, 0.1) is 24.0 Å². The van der Waals surface area contributed by atoms with Crippen molar-refractivity contribution in [2.75, 3.05) is 37.7 Å². The van der Waals surface area contributed by atoms with E-state index < -0.39 is 21.6 Å². The first kappa shape index (κ1) is 34.5. The lowest BCUT2D eigenvalue weighted by Crippen LogP contribution is -2.51. The molecule has 4 aliphatic heterocycles. The Labute approximate surface area is 313 Å². The summed E-state index contributed by atoms with van der Waals surface area (Å²) in [5, 5.41) is 5.25. The molecule has 9 rings (SSSR count). The highest BCUT2D eigenvalue weighted by molar-refractivity contribution is 8.08. The number of aromatic nitrogens is 3. The van der Waals surface area contributed by atoms with Crippen molar-refractivity contribution in [3.8, 4) is 29.6 Å². The minimum atomic E-state index is -1.58. The molecule has 4 fully saturated rings. The third-order valence-corrected chi connectivity index (χ3v) is 12.5. The average Bonchev–Trinajstić information content (AvgIpc) is 3.84. The van der Waals surface area contributed by atoms with Crippen molar-refractivity contribution in [3.05, 3.63) is 83.6 Å². The number of terminal acetylenes is 1. The zero-order valence-corrected chi connectivity index (χ0v) is 30.4. The molecule has 0 aliphatic carbocycles. The lowest BCUT2D eigenvalue weighted by Gasteiger charge is -2.34. The van der Waals surface area contributed by atoms with Crippen molar-refractivity contribution in [2.45, 2.75) is 67.3 Å². The quantitative estimate of drug-likeness (QED) is 0.134. The number of hydrogen-bond acceptors (Lipinski definition) is 9. The van der Waals surface area contributed by atoms with Gasteiger partial charge in [-0.25, -0.2) is 13.0 Å². The molecule has 4 saturated heterocycles. The Morgan fingerprint density at radius 3 is 2.72 bits per heavy atom. The molecule has 0 spiro atoms. The molecule has 2 bridgehead atoms. The van der Waals surface area contributed by atoms with Crippen LogP contribution in [0.5, 0.6) is 6.01 Å². The van der Waals surface area contributed by atoms with E-state index in [0.29, 0.717) is 57.7 Å². The van der Waals surface area contributed by atoms with Crippen molar-refractivity contribution < 1.29 is 22.5 Å². The predicted molar refractivity (Wildman–Crippen MR) is 201 cm³/mol. The van der Waals surface area contributed by atoms with Gasteiger partial charge in [0, 0.05) is 48.9 Å². The van der Waals surface area contributed by atoms with Crippen LogP contribution in [0.25, 0.3) is 32.9 Å². The molecule has 5 unspecified atom stereocenters. The van der Waals surface area contributed by atoms with Gasteiger partial charge in [0.05, 0.1) is 34.1 Å². The number of ether oxygens (including phenoxy) is 2. The number of pyridine rings is 1. The molecule has 0 saturated carbocycles. The van der Waals surface area contributed by atoms with Gasteiger partial charge >= 0.3 is 6.01 Å². The Morgan fingerprint density at radius 2 is 1.91 bits per heavy atom.